The zero-order valence-corrected chi connectivity index (χ0v) is 11.1. The zero-order chi connectivity index (χ0) is 13.7. The Kier molecular flexibility index (Phi) is 4.14. The summed E-state index contributed by atoms with van der Waals surface area (Å²) in [7, 11) is 1.39. The van der Waals surface area contributed by atoms with Crippen molar-refractivity contribution in [3.8, 4) is 0 Å². The molecule has 0 bridgehead atoms. The van der Waals surface area contributed by atoms with Crippen molar-refractivity contribution in [1.29, 1.82) is 0 Å². The minimum absolute atomic E-state index is 0.348. The summed E-state index contributed by atoms with van der Waals surface area (Å²) < 4.78 is 4.73. The average Bonchev–Trinajstić information content (AvgIpc) is 2.46. The van der Waals surface area contributed by atoms with Crippen LogP contribution in [-0.4, -0.2) is 13.1 Å². The lowest BCUT2D eigenvalue weighted by atomic mass is 9.97. The number of esters is 1. The van der Waals surface area contributed by atoms with Gasteiger partial charge in [0, 0.05) is 6.08 Å². The van der Waals surface area contributed by atoms with Gasteiger partial charge in [-0.25, -0.2) is 4.79 Å². The number of carbonyl (C=O) groups is 1. The maximum Gasteiger partial charge on any atom is 0.331 e. The van der Waals surface area contributed by atoms with Crippen LogP contribution in [0.5, 0.6) is 0 Å². The number of ether oxygens (including phenoxy) is 1. The van der Waals surface area contributed by atoms with Crippen molar-refractivity contribution < 1.29 is 9.53 Å². The maximum atomic E-state index is 11.5. The van der Waals surface area contributed by atoms with E-state index in [-0.39, 0.29) is 5.97 Å². The van der Waals surface area contributed by atoms with Gasteiger partial charge in [-0.3, -0.25) is 0 Å². The summed E-state index contributed by atoms with van der Waals surface area (Å²) in [6.45, 7) is 2.04. The van der Waals surface area contributed by atoms with Crippen LogP contribution >= 0.6 is 0 Å². The molecule has 0 N–H and O–H groups in total. The SMILES string of the molecule is COC(=O)/C=C(/c1ccccc1)c1ccc(C)cc1. The van der Waals surface area contributed by atoms with E-state index in [1.54, 1.807) is 0 Å². The highest BCUT2D eigenvalue weighted by molar-refractivity contribution is 5.96. The molecule has 0 saturated heterocycles. The molecular formula is C17H16O2. The Labute approximate surface area is 113 Å². The van der Waals surface area contributed by atoms with E-state index in [0.717, 1.165) is 16.7 Å². The van der Waals surface area contributed by atoms with Crippen LogP contribution in [0.15, 0.2) is 60.7 Å². The second-order valence-corrected chi connectivity index (χ2v) is 4.31. The Hall–Kier alpha value is -2.35. The Balaban J connectivity index is 2.49. The fraction of sp³-hybridized carbons (Fsp3) is 0.118. The molecule has 96 valence electrons. The molecule has 0 aliphatic carbocycles. The molecule has 0 amide bonds. The van der Waals surface area contributed by atoms with Gasteiger partial charge in [0.1, 0.15) is 0 Å². The van der Waals surface area contributed by atoms with Crippen molar-refractivity contribution >= 4 is 11.5 Å². The van der Waals surface area contributed by atoms with E-state index in [2.05, 4.69) is 0 Å². The fourth-order valence-corrected chi connectivity index (χ4v) is 1.86. The quantitative estimate of drug-likeness (QED) is 0.616. The Morgan fingerprint density at radius 1 is 0.947 bits per heavy atom. The predicted octanol–water partition coefficient (Wildman–Crippen LogP) is 3.60. The van der Waals surface area contributed by atoms with Crippen molar-refractivity contribution in [2.24, 2.45) is 0 Å². The van der Waals surface area contributed by atoms with Gasteiger partial charge in [-0.1, -0.05) is 60.2 Å². The molecule has 2 nitrogen and oxygen atoms in total. The van der Waals surface area contributed by atoms with Crippen molar-refractivity contribution in [1.82, 2.24) is 0 Å². The van der Waals surface area contributed by atoms with E-state index in [0.29, 0.717) is 0 Å². The molecule has 19 heavy (non-hydrogen) atoms. The maximum absolute atomic E-state index is 11.5. The van der Waals surface area contributed by atoms with Crippen molar-refractivity contribution in [2.45, 2.75) is 6.92 Å². The van der Waals surface area contributed by atoms with E-state index >= 15 is 0 Å². The molecular weight excluding hydrogens is 236 g/mol. The van der Waals surface area contributed by atoms with Crippen molar-refractivity contribution in [2.75, 3.05) is 7.11 Å². The third-order valence-corrected chi connectivity index (χ3v) is 2.91. The summed E-state index contributed by atoms with van der Waals surface area (Å²) in [6, 6.07) is 17.9. The first-order chi connectivity index (χ1) is 9.20. The number of hydrogen-bond acceptors (Lipinski definition) is 2. The largest absolute Gasteiger partial charge is 0.466 e. The van der Waals surface area contributed by atoms with Crippen LogP contribution in [0, 0.1) is 6.92 Å². The third kappa shape index (κ3) is 3.32. The molecule has 0 aliphatic heterocycles. The number of hydrogen-bond donors (Lipinski definition) is 0. The number of methoxy groups -OCH3 is 1. The predicted molar refractivity (Wildman–Crippen MR) is 76.7 cm³/mol. The molecule has 0 radical (unpaired) electrons. The second-order valence-electron chi connectivity index (χ2n) is 4.31. The summed E-state index contributed by atoms with van der Waals surface area (Å²) in [4.78, 5) is 11.5. The van der Waals surface area contributed by atoms with Crippen LogP contribution in [0.3, 0.4) is 0 Å². The first-order valence-electron chi connectivity index (χ1n) is 6.13. The van der Waals surface area contributed by atoms with Crippen LogP contribution < -0.4 is 0 Å². The van der Waals surface area contributed by atoms with Gasteiger partial charge >= 0.3 is 5.97 Å². The molecule has 0 aromatic heterocycles. The van der Waals surface area contributed by atoms with Gasteiger partial charge in [-0.15, -0.1) is 0 Å². The molecule has 0 atom stereocenters. The van der Waals surface area contributed by atoms with E-state index in [1.807, 2.05) is 61.5 Å². The van der Waals surface area contributed by atoms with Crippen LogP contribution in [-0.2, 0) is 9.53 Å². The van der Waals surface area contributed by atoms with Gasteiger partial charge in [-0.2, -0.15) is 0 Å². The number of aryl methyl sites for hydroxylation is 1. The van der Waals surface area contributed by atoms with Gasteiger partial charge < -0.3 is 4.74 Å². The minimum atomic E-state index is -0.348. The van der Waals surface area contributed by atoms with Crippen LogP contribution in [0.4, 0.5) is 0 Å². The monoisotopic (exact) mass is 252 g/mol. The summed E-state index contributed by atoms with van der Waals surface area (Å²) in [5.41, 5.74) is 4.06. The van der Waals surface area contributed by atoms with E-state index in [1.165, 1.54) is 18.7 Å². The van der Waals surface area contributed by atoms with Gasteiger partial charge in [0.15, 0.2) is 0 Å². The summed E-state index contributed by atoms with van der Waals surface area (Å²) in [6.07, 6.45) is 1.53. The normalized spacial score (nSPS) is 11.2. The van der Waals surface area contributed by atoms with E-state index in [4.69, 9.17) is 4.74 Å². The Morgan fingerprint density at radius 3 is 2.11 bits per heavy atom. The molecule has 2 rings (SSSR count). The molecule has 0 aliphatic rings. The molecule has 2 heteroatoms. The lowest BCUT2D eigenvalue weighted by Gasteiger charge is -2.08. The standard InChI is InChI=1S/C17H16O2/c1-13-8-10-15(11-9-13)16(12-17(18)19-2)14-6-4-3-5-7-14/h3-12H,1-2H3/b16-12-. The number of carbonyl (C=O) groups excluding carboxylic acids is 1. The topological polar surface area (TPSA) is 26.3 Å². The van der Waals surface area contributed by atoms with E-state index < -0.39 is 0 Å². The first kappa shape index (κ1) is 13.1. The highest BCUT2D eigenvalue weighted by atomic mass is 16.5. The molecule has 2 aromatic carbocycles. The van der Waals surface area contributed by atoms with E-state index in [9.17, 15) is 4.79 Å². The van der Waals surface area contributed by atoms with Gasteiger partial charge in [0.25, 0.3) is 0 Å². The summed E-state index contributed by atoms with van der Waals surface area (Å²) in [5.74, 6) is -0.348. The lowest BCUT2D eigenvalue weighted by molar-refractivity contribution is -0.134. The molecule has 0 saturated carbocycles. The number of benzene rings is 2. The van der Waals surface area contributed by atoms with Gasteiger partial charge in [0.2, 0.25) is 0 Å². The fourth-order valence-electron chi connectivity index (χ4n) is 1.86. The smallest absolute Gasteiger partial charge is 0.331 e. The second kappa shape index (κ2) is 6.01. The van der Waals surface area contributed by atoms with Crippen LogP contribution in [0.25, 0.3) is 5.57 Å². The molecule has 0 unspecified atom stereocenters. The third-order valence-electron chi connectivity index (χ3n) is 2.91. The molecule has 0 spiro atoms. The minimum Gasteiger partial charge on any atom is -0.466 e. The summed E-state index contributed by atoms with van der Waals surface area (Å²) in [5, 5.41) is 0. The zero-order valence-electron chi connectivity index (χ0n) is 11.1. The van der Waals surface area contributed by atoms with Crippen molar-refractivity contribution in [3.05, 3.63) is 77.4 Å². The van der Waals surface area contributed by atoms with Crippen LogP contribution in [0.2, 0.25) is 0 Å². The highest BCUT2D eigenvalue weighted by Crippen LogP contribution is 2.23. The Bertz CT molecular complexity index is 580. The van der Waals surface area contributed by atoms with Crippen molar-refractivity contribution in [3.63, 3.8) is 0 Å². The molecule has 0 fully saturated rings. The Morgan fingerprint density at radius 2 is 1.53 bits per heavy atom. The van der Waals surface area contributed by atoms with Gasteiger partial charge in [0.05, 0.1) is 7.11 Å². The molecule has 2 aromatic rings. The lowest BCUT2D eigenvalue weighted by Crippen LogP contribution is -1.98. The summed E-state index contributed by atoms with van der Waals surface area (Å²) >= 11 is 0. The average molecular weight is 252 g/mol. The highest BCUT2D eigenvalue weighted by Gasteiger charge is 2.07. The number of rotatable bonds is 3. The molecule has 0 heterocycles. The van der Waals surface area contributed by atoms with Gasteiger partial charge in [-0.05, 0) is 23.6 Å². The first-order valence-corrected chi connectivity index (χ1v) is 6.13. The van der Waals surface area contributed by atoms with Crippen LogP contribution in [0.1, 0.15) is 16.7 Å².